The van der Waals surface area contributed by atoms with Gasteiger partial charge in [-0.1, -0.05) is 17.7 Å². The Morgan fingerprint density at radius 2 is 1.72 bits per heavy atom. The van der Waals surface area contributed by atoms with Gasteiger partial charge in [-0.2, -0.15) is 0 Å². The molecular formula is C18H18FN3O3. The van der Waals surface area contributed by atoms with Crippen molar-refractivity contribution < 1.29 is 14.1 Å². The number of rotatable bonds is 3. The summed E-state index contributed by atoms with van der Waals surface area (Å²) in [5, 5.41) is 11.2. The average Bonchev–Trinajstić information content (AvgIpc) is 2.61. The van der Waals surface area contributed by atoms with Crippen molar-refractivity contribution in [3.8, 4) is 0 Å². The molecule has 1 amide bonds. The van der Waals surface area contributed by atoms with E-state index in [0.717, 1.165) is 11.6 Å². The van der Waals surface area contributed by atoms with E-state index in [1.165, 1.54) is 12.1 Å². The number of benzene rings is 2. The molecule has 1 saturated heterocycles. The molecule has 1 aliphatic rings. The Balaban J connectivity index is 1.72. The second-order valence-electron chi connectivity index (χ2n) is 6.04. The van der Waals surface area contributed by atoms with Crippen LogP contribution in [0.15, 0.2) is 42.5 Å². The van der Waals surface area contributed by atoms with Crippen molar-refractivity contribution in [2.75, 3.05) is 31.1 Å². The number of nitro benzene ring substituents is 1. The third kappa shape index (κ3) is 3.60. The van der Waals surface area contributed by atoms with Gasteiger partial charge < -0.3 is 9.80 Å². The van der Waals surface area contributed by atoms with Crippen LogP contribution in [0.4, 0.5) is 15.8 Å². The van der Waals surface area contributed by atoms with Crippen LogP contribution in [0.1, 0.15) is 15.9 Å². The monoisotopic (exact) mass is 343 g/mol. The van der Waals surface area contributed by atoms with Gasteiger partial charge in [-0.25, -0.2) is 4.39 Å². The summed E-state index contributed by atoms with van der Waals surface area (Å²) in [5.41, 5.74) is 1.84. The summed E-state index contributed by atoms with van der Waals surface area (Å²) in [7, 11) is 0. The van der Waals surface area contributed by atoms with E-state index in [1.807, 2.05) is 19.1 Å². The summed E-state index contributed by atoms with van der Waals surface area (Å²) in [6.07, 6.45) is 0. The first-order valence-electron chi connectivity index (χ1n) is 8.00. The minimum Gasteiger partial charge on any atom is -0.362 e. The Morgan fingerprint density at radius 1 is 1.08 bits per heavy atom. The highest BCUT2D eigenvalue weighted by Crippen LogP contribution is 2.29. The average molecular weight is 343 g/mol. The Labute approximate surface area is 144 Å². The molecule has 130 valence electrons. The molecule has 6 nitrogen and oxygen atoms in total. The lowest BCUT2D eigenvalue weighted by molar-refractivity contribution is -0.384. The Hall–Kier alpha value is -2.96. The zero-order chi connectivity index (χ0) is 18.0. The third-order valence-electron chi connectivity index (χ3n) is 4.34. The van der Waals surface area contributed by atoms with Crippen LogP contribution in [0.25, 0.3) is 0 Å². The van der Waals surface area contributed by atoms with E-state index in [9.17, 15) is 19.3 Å². The molecule has 1 aliphatic heterocycles. The molecule has 1 fully saturated rings. The van der Waals surface area contributed by atoms with Crippen molar-refractivity contribution in [2.24, 2.45) is 0 Å². The first-order valence-corrected chi connectivity index (χ1v) is 8.00. The summed E-state index contributed by atoms with van der Waals surface area (Å²) in [6.45, 7) is 3.66. The van der Waals surface area contributed by atoms with Gasteiger partial charge in [0.1, 0.15) is 11.5 Å². The Morgan fingerprint density at radius 3 is 2.32 bits per heavy atom. The zero-order valence-electron chi connectivity index (χ0n) is 13.8. The predicted octanol–water partition coefficient (Wildman–Crippen LogP) is 3.00. The molecule has 0 radical (unpaired) electrons. The van der Waals surface area contributed by atoms with Gasteiger partial charge >= 0.3 is 0 Å². The molecule has 0 aromatic heterocycles. The number of nitro groups is 1. The number of nitrogens with zero attached hydrogens (tertiary/aromatic N) is 3. The third-order valence-corrected chi connectivity index (χ3v) is 4.34. The molecule has 25 heavy (non-hydrogen) atoms. The van der Waals surface area contributed by atoms with Gasteiger partial charge in [-0.3, -0.25) is 14.9 Å². The fourth-order valence-corrected chi connectivity index (χ4v) is 2.93. The first-order chi connectivity index (χ1) is 12.0. The zero-order valence-corrected chi connectivity index (χ0v) is 13.8. The van der Waals surface area contributed by atoms with Crippen molar-refractivity contribution in [1.29, 1.82) is 0 Å². The molecule has 3 rings (SSSR count). The predicted molar refractivity (Wildman–Crippen MR) is 92.3 cm³/mol. The van der Waals surface area contributed by atoms with Gasteiger partial charge in [0.25, 0.3) is 11.6 Å². The van der Waals surface area contributed by atoms with Crippen molar-refractivity contribution in [2.45, 2.75) is 6.92 Å². The summed E-state index contributed by atoms with van der Waals surface area (Å²) >= 11 is 0. The highest BCUT2D eigenvalue weighted by atomic mass is 19.1. The van der Waals surface area contributed by atoms with E-state index in [4.69, 9.17) is 0 Å². The second-order valence-corrected chi connectivity index (χ2v) is 6.04. The molecule has 7 heteroatoms. The number of amides is 1. The maximum atomic E-state index is 13.5. The number of hydrogen-bond acceptors (Lipinski definition) is 4. The lowest BCUT2D eigenvalue weighted by atomic mass is 10.1. The fourth-order valence-electron chi connectivity index (χ4n) is 2.93. The molecule has 0 atom stereocenters. The number of piperazine rings is 1. The highest BCUT2D eigenvalue weighted by molar-refractivity contribution is 5.94. The lowest BCUT2D eigenvalue weighted by Crippen LogP contribution is -2.49. The Kier molecular flexibility index (Phi) is 4.65. The Bertz CT molecular complexity index is 800. The first kappa shape index (κ1) is 16.9. The fraction of sp³-hybridized carbons (Fsp3) is 0.278. The highest BCUT2D eigenvalue weighted by Gasteiger charge is 2.26. The molecule has 2 aromatic carbocycles. The van der Waals surface area contributed by atoms with Crippen LogP contribution in [0.3, 0.4) is 0 Å². The lowest BCUT2D eigenvalue weighted by Gasteiger charge is -2.35. The maximum Gasteiger partial charge on any atom is 0.292 e. The van der Waals surface area contributed by atoms with Crippen molar-refractivity contribution in [1.82, 2.24) is 4.90 Å². The largest absolute Gasteiger partial charge is 0.362 e. The number of carbonyl (C=O) groups excluding carboxylic acids is 1. The number of carbonyl (C=O) groups is 1. The van der Waals surface area contributed by atoms with Crippen molar-refractivity contribution >= 4 is 17.3 Å². The van der Waals surface area contributed by atoms with E-state index < -0.39 is 10.7 Å². The molecular weight excluding hydrogens is 325 g/mol. The van der Waals surface area contributed by atoms with Crippen LogP contribution >= 0.6 is 0 Å². The summed E-state index contributed by atoms with van der Waals surface area (Å²) in [6, 6.07) is 10.8. The van der Waals surface area contributed by atoms with Gasteiger partial charge in [0, 0.05) is 43.9 Å². The molecule has 0 spiro atoms. The van der Waals surface area contributed by atoms with Crippen LogP contribution in [0.5, 0.6) is 0 Å². The number of aryl methyl sites for hydroxylation is 1. The molecule has 0 N–H and O–H groups in total. The second kappa shape index (κ2) is 6.88. The van der Waals surface area contributed by atoms with E-state index >= 15 is 0 Å². The minimum atomic E-state index is -0.515. The number of hydrogen-bond donors (Lipinski definition) is 0. The van der Waals surface area contributed by atoms with Gasteiger partial charge in [0.05, 0.1) is 4.92 Å². The molecule has 1 heterocycles. The van der Waals surface area contributed by atoms with E-state index in [1.54, 1.807) is 21.9 Å². The minimum absolute atomic E-state index is 0.0617. The number of anilines is 1. The van der Waals surface area contributed by atoms with E-state index in [2.05, 4.69) is 0 Å². The van der Waals surface area contributed by atoms with E-state index in [-0.39, 0.29) is 17.3 Å². The molecule has 0 bridgehead atoms. The van der Waals surface area contributed by atoms with Gasteiger partial charge in [0.15, 0.2) is 0 Å². The van der Waals surface area contributed by atoms with Crippen LogP contribution in [0, 0.1) is 22.9 Å². The van der Waals surface area contributed by atoms with E-state index in [0.29, 0.717) is 31.7 Å². The molecule has 2 aromatic rings. The van der Waals surface area contributed by atoms with Crippen molar-refractivity contribution in [3.63, 3.8) is 0 Å². The quantitative estimate of drug-likeness (QED) is 0.635. The molecule has 0 saturated carbocycles. The van der Waals surface area contributed by atoms with Crippen molar-refractivity contribution in [3.05, 3.63) is 69.5 Å². The maximum absolute atomic E-state index is 13.5. The normalized spacial score (nSPS) is 14.5. The number of halogens is 1. The standard InChI is InChI=1S/C18H18FN3O3/c1-13-2-4-14(5-3-13)18(23)21-10-8-20(9-11-21)17-12-15(19)6-7-16(17)22(24)25/h2-7,12H,8-11H2,1H3. The van der Waals surface area contributed by atoms with Gasteiger partial charge in [0.2, 0.25) is 0 Å². The van der Waals surface area contributed by atoms with Crippen LogP contribution in [-0.2, 0) is 0 Å². The summed E-state index contributed by atoms with van der Waals surface area (Å²) < 4.78 is 13.5. The van der Waals surface area contributed by atoms with Crippen LogP contribution < -0.4 is 4.90 Å². The molecule has 0 unspecified atom stereocenters. The smallest absolute Gasteiger partial charge is 0.292 e. The topological polar surface area (TPSA) is 66.7 Å². The van der Waals surface area contributed by atoms with Crippen LogP contribution in [0.2, 0.25) is 0 Å². The molecule has 0 aliphatic carbocycles. The summed E-state index contributed by atoms with van der Waals surface area (Å²) in [5.74, 6) is -0.577. The van der Waals surface area contributed by atoms with Gasteiger partial charge in [-0.15, -0.1) is 0 Å². The summed E-state index contributed by atoms with van der Waals surface area (Å²) in [4.78, 5) is 26.6. The van der Waals surface area contributed by atoms with Crippen LogP contribution in [-0.4, -0.2) is 41.9 Å². The van der Waals surface area contributed by atoms with Gasteiger partial charge in [-0.05, 0) is 25.1 Å². The SMILES string of the molecule is Cc1ccc(C(=O)N2CCN(c3cc(F)ccc3[N+](=O)[O-])CC2)cc1.